The molecule has 0 unspecified atom stereocenters. The number of hydrogen-bond acceptors (Lipinski definition) is 2. The zero-order chi connectivity index (χ0) is 13.4. The van der Waals surface area contributed by atoms with Gasteiger partial charge in [-0.2, -0.15) is 0 Å². The minimum Gasteiger partial charge on any atom is -0.280 e. The summed E-state index contributed by atoms with van der Waals surface area (Å²) in [5, 5.41) is 0. The first-order valence-electron chi connectivity index (χ1n) is 5.54. The molecule has 0 radical (unpaired) electrons. The Labute approximate surface area is 137 Å². The summed E-state index contributed by atoms with van der Waals surface area (Å²) in [6.45, 7) is 0. The highest BCUT2D eigenvalue weighted by Gasteiger charge is 2.13. The number of alkyl halides is 1. The minimum atomic E-state index is 0.347. The molecule has 0 amide bonds. The van der Waals surface area contributed by atoms with Crippen molar-refractivity contribution in [3.05, 3.63) is 50.4 Å². The van der Waals surface area contributed by atoms with E-state index in [1.807, 2.05) is 28.8 Å². The van der Waals surface area contributed by atoms with Crippen molar-refractivity contribution in [2.45, 2.75) is 5.88 Å². The van der Waals surface area contributed by atoms with Gasteiger partial charge in [0.25, 0.3) is 0 Å². The topological polar surface area (TPSA) is 30.7 Å². The monoisotopic (exact) mass is 447 g/mol. The molecule has 96 valence electrons. The molecule has 0 fully saturated rings. The molecule has 0 spiro atoms. The van der Waals surface area contributed by atoms with E-state index in [1.54, 1.807) is 6.20 Å². The number of hydrogen-bond donors (Lipinski definition) is 0. The Bertz CT molecular complexity index is 757. The largest absolute Gasteiger partial charge is 0.280 e. The van der Waals surface area contributed by atoms with Crippen molar-refractivity contribution in [3.63, 3.8) is 0 Å². The molecule has 19 heavy (non-hydrogen) atoms. The molecule has 0 N–H and O–H groups in total. The molecule has 2 heterocycles. The SMILES string of the molecule is ClCc1nc2cc(Br)cnc2n1-c1cccc(I)c1. The van der Waals surface area contributed by atoms with Crippen LogP contribution in [0.1, 0.15) is 5.82 Å². The Hall–Kier alpha value is -0.660. The van der Waals surface area contributed by atoms with Gasteiger partial charge < -0.3 is 0 Å². The second kappa shape index (κ2) is 5.38. The van der Waals surface area contributed by atoms with Crippen LogP contribution >= 0.6 is 50.1 Å². The first-order valence-corrected chi connectivity index (χ1v) is 7.94. The zero-order valence-corrected chi connectivity index (χ0v) is 14.1. The standard InChI is InChI=1S/C13H8BrClIN3/c14-8-4-11-13(17-7-8)19(12(6-15)18-11)10-3-1-2-9(16)5-10/h1-5,7H,6H2. The van der Waals surface area contributed by atoms with E-state index in [-0.39, 0.29) is 0 Å². The van der Waals surface area contributed by atoms with Crippen LogP contribution in [-0.2, 0) is 5.88 Å². The van der Waals surface area contributed by atoms with E-state index in [9.17, 15) is 0 Å². The fourth-order valence-electron chi connectivity index (χ4n) is 1.96. The van der Waals surface area contributed by atoms with Gasteiger partial charge in [-0.1, -0.05) is 6.07 Å². The number of rotatable bonds is 2. The Kier molecular flexibility index (Phi) is 3.77. The van der Waals surface area contributed by atoms with Crippen molar-refractivity contribution >= 4 is 61.3 Å². The maximum atomic E-state index is 6.01. The second-order valence-electron chi connectivity index (χ2n) is 3.97. The Morgan fingerprint density at radius 2 is 2.16 bits per heavy atom. The molecule has 1 aromatic carbocycles. The van der Waals surface area contributed by atoms with Crippen LogP contribution in [-0.4, -0.2) is 14.5 Å². The Morgan fingerprint density at radius 1 is 1.32 bits per heavy atom. The second-order valence-corrected chi connectivity index (χ2v) is 6.40. The van der Waals surface area contributed by atoms with Gasteiger partial charge in [-0.05, 0) is 62.8 Å². The van der Waals surface area contributed by atoms with Gasteiger partial charge in [0, 0.05) is 19.9 Å². The highest BCUT2D eigenvalue weighted by molar-refractivity contribution is 14.1. The van der Waals surface area contributed by atoms with E-state index < -0.39 is 0 Å². The molecular weight excluding hydrogens is 440 g/mol. The minimum absolute atomic E-state index is 0.347. The number of fused-ring (bicyclic) bond motifs is 1. The normalized spacial score (nSPS) is 11.1. The lowest BCUT2D eigenvalue weighted by Crippen LogP contribution is -2.00. The molecule has 0 bridgehead atoms. The molecular formula is C13H8BrClIN3. The van der Waals surface area contributed by atoms with Gasteiger partial charge in [-0.3, -0.25) is 4.57 Å². The van der Waals surface area contributed by atoms with Crippen LogP contribution in [0, 0.1) is 3.57 Å². The van der Waals surface area contributed by atoms with Gasteiger partial charge in [0.2, 0.25) is 0 Å². The highest BCUT2D eigenvalue weighted by Crippen LogP contribution is 2.24. The van der Waals surface area contributed by atoms with Crippen LogP contribution in [0.2, 0.25) is 0 Å². The molecule has 3 nitrogen and oxygen atoms in total. The molecule has 0 saturated carbocycles. The summed E-state index contributed by atoms with van der Waals surface area (Å²) in [6.07, 6.45) is 1.77. The molecule has 0 aliphatic carbocycles. The number of pyridine rings is 1. The molecule has 3 rings (SSSR count). The molecule has 0 atom stereocenters. The van der Waals surface area contributed by atoms with E-state index >= 15 is 0 Å². The van der Waals surface area contributed by atoms with Crippen molar-refractivity contribution in [1.82, 2.24) is 14.5 Å². The smallest absolute Gasteiger partial charge is 0.164 e. The molecule has 6 heteroatoms. The summed E-state index contributed by atoms with van der Waals surface area (Å²) < 4.78 is 4.07. The van der Waals surface area contributed by atoms with Crippen molar-refractivity contribution in [3.8, 4) is 5.69 Å². The van der Waals surface area contributed by atoms with Crippen LogP contribution in [0.15, 0.2) is 41.0 Å². The Balaban J connectivity index is 2.32. The number of imidazole rings is 1. The van der Waals surface area contributed by atoms with Crippen LogP contribution in [0.3, 0.4) is 0 Å². The summed E-state index contributed by atoms with van der Waals surface area (Å²) >= 11 is 11.7. The predicted molar refractivity (Wildman–Crippen MR) is 88.8 cm³/mol. The van der Waals surface area contributed by atoms with E-state index in [2.05, 4.69) is 54.6 Å². The average molecular weight is 448 g/mol. The first-order chi connectivity index (χ1) is 9.19. The quantitative estimate of drug-likeness (QED) is 0.426. The van der Waals surface area contributed by atoms with Gasteiger partial charge in [0.15, 0.2) is 5.65 Å². The van der Waals surface area contributed by atoms with E-state index in [0.29, 0.717) is 5.88 Å². The van der Waals surface area contributed by atoms with Gasteiger partial charge in [0.05, 0.1) is 5.88 Å². The maximum absolute atomic E-state index is 6.01. The van der Waals surface area contributed by atoms with Crippen LogP contribution in [0.5, 0.6) is 0 Å². The van der Waals surface area contributed by atoms with Gasteiger partial charge in [-0.25, -0.2) is 9.97 Å². The van der Waals surface area contributed by atoms with Crippen molar-refractivity contribution in [2.75, 3.05) is 0 Å². The first kappa shape index (κ1) is 13.3. The summed E-state index contributed by atoms with van der Waals surface area (Å²) in [5.41, 5.74) is 2.68. The average Bonchev–Trinajstić information content (AvgIpc) is 2.76. The summed E-state index contributed by atoms with van der Waals surface area (Å²) in [7, 11) is 0. The van der Waals surface area contributed by atoms with Crippen molar-refractivity contribution in [2.24, 2.45) is 0 Å². The summed E-state index contributed by atoms with van der Waals surface area (Å²) in [6, 6.07) is 10.1. The van der Waals surface area contributed by atoms with E-state index in [4.69, 9.17) is 11.6 Å². The fourth-order valence-corrected chi connectivity index (χ4v) is 2.99. The van der Waals surface area contributed by atoms with Gasteiger partial charge >= 0.3 is 0 Å². The Morgan fingerprint density at radius 3 is 2.89 bits per heavy atom. The third-order valence-electron chi connectivity index (χ3n) is 2.72. The number of nitrogens with zero attached hydrogens (tertiary/aromatic N) is 3. The number of benzene rings is 1. The van der Waals surface area contributed by atoms with E-state index in [0.717, 1.165) is 30.7 Å². The molecule has 2 aromatic heterocycles. The highest BCUT2D eigenvalue weighted by atomic mass is 127. The molecule has 0 aliphatic rings. The fraction of sp³-hybridized carbons (Fsp3) is 0.0769. The summed E-state index contributed by atoms with van der Waals surface area (Å²) in [4.78, 5) is 8.98. The predicted octanol–water partition coefficient (Wildman–Crippen LogP) is 4.53. The van der Waals surface area contributed by atoms with Crippen molar-refractivity contribution < 1.29 is 0 Å². The van der Waals surface area contributed by atoms with Crippen LogP contribution in [0.25, 0.3) is 16.9 Å². The van der Waals surface area contributed by atoms with Crippen LogP contribution in [0.4, 0.5) is 0 Å². The third-order valence-corrected chi connectivity index (χ3v) is 4.06. The van der Waals surface area contributed by atoms with Crippen LogP contribution < -0.4 is 0 Å². The third kappa shape index (κ3) is 2.51. The molecule has 0 aliphatic heterocycles. The van der Waals surface area contributed by atoms with E-state index in [1.165, 1.54) is 0 Å². The lowest BCUT2D eigenvalue weighted by Gasteiger charge is -2.07. The zero-order valence-electron chi connectivity index (χ0n) is 9.65. The molecule has 0 saturated heterocycles. The molecule has 3 aromatic rings. The summed E-state index contributed by atoms with van der Waals surface area (Å²) in [5.74, 6) is 1.14. The van der Waals surface area contributed by atoms with Crippen molar-refractivity contribution in [1.29, 1.82) is 0 Å². The maximum Gasteiger partial charge on any atom is 0.164 e. The lowest BCUT2D eigenvalue weighted by molar-refractivity contribution is 0.968. The number of aromatic nitrogens is 3. The van der Waals surface area contributed by atoms with Gasteiger partial charge in [-0.15, -0.1) is 11.6 Å². The number of halogens is 3. The lowest BCUT2D eigenvalue weighted by atomic mass is 10.3. The van der Waals surface area contributed by atoms with Gasteiger partial charge in [0.1, 0.15) is 11.3 Å².